The van der Waals surface area contributed by atoms with Gasteiger partial charge in [-0.15, -0.1) is 0 Å². The molecule has 0 N–H and O–H groups in total. The molecule has 0 aromatic heterocycles. The highest BCUT2D eigenvalue weighted by Gasteiger charge is 2.04. The van der Waals surface area contributed by atoms with Gasteiger partial charge in [-0.1, -0.05) is 18.6 Å². The molecule has 1 saturated heterocycles. The van der Waals surface area contributed by atoms with Gasteiger partial charge >= 0.3 is 0 Å². The monoisotopic (exact) mass is 154 g/mol. The van der Waals surface area contributed by atoms with Gasteiger partial charge in [-0.3, -0.25) is 0 Å². The molecular weight excluding hydrogens is 140 g/mol. The Labute approximate surface area is 67.5 Å². The van der Waals surface area contributed by atoms with Crippen LogP contribution in [0.2, 0.25) is 0 Å². The largest absolute Gasteiger partial charge is 0.469 e. The van der Waals surface area contributed by atoms with E-state index in [4.69, 9.17) is 9.47 Å². The summed E-state index contributed by atoms with van der Waals surface area (Å²) >= 11 is 0. The second kappa shape index (κ2) is 4.19. The maximum absolute atomic E-state index is 5.14. The average molecular weight is 154 g/mol. The Morgan fingerprint density at radius 3 is 3.00 bits per heavy atom. The van der Waals surface area contributed by atoms with Gasteiger partial charge in [0.1, 0.15) is 12.4 Å². The number of ether oxygens (including phenoxy) is 2. The Kier molecular flexibility index (Phi) is 3.17. The topological polar surface area (TPSA) is 18.5 Å². The van der Waals surface area contributed by atoms with Gasteiger partial charge in [0, 0.05) is 0 Å². The van der Waals surface area contributed by atoms with Crippen molar-refractivity contribution in [3.8, 4) is 0 Å². The third-order valence-electron chi connectivity index (χ3n) is 1.68. The van der Waals surface area contributed by atoms with E-state index >= 15 is 0 Å². The van der Waals surface area contributed by atoms with Crippen LogP contribution in [0.5, 0.6) is 0 Å². The molecule has 2 nitrogen and oxygen atoms in total. The van der Waals surface area contributed by atoms with E-state index < -0.39 is 0 Å². The highest BCUT2D eigenvalue weighted by molar-refractivity contribution is 5.13. The van der Waals surface area contributed by atoms with Gasteiger partial charge in [0.25, 0.3) is 0 Å². The summed E-state index contributed by atoms with van der Waals surface area (Å²) in [7, 11) is 0. The highest BCUT2D eigenvalue weighted by Crippen LogP contribution is 2.08. The third-order valence-corrected chi connectivity index (χ3v) is 1.68. The predicted octanol–water partition coefficient (Wildman–Crippen LogP) is 2.23. The number of hydrogen-bond acceptors (Lipinski definition) is 2. The van der Waals surface area contributed by atoms with Crippen molar-refractivity contribution < 1.29 is 9.47 Å². The van der Waals surface area contributed by atoms with E-state index in [-0.39, 0.29) is 0 Å². The fraction of sp³-hybridized carbons (Fsp3) is 0.556. The molecule has 1 heterocycles. The fourth-order valence-corrected chi connectivity index (χ4v) is 0.751. The van der Waals surface area contributed by atoms with Crippen LogP contribution in [0.25, 0.3) is 0 Å². The van der Waals surface area contributed by atoms with E-state index in [1.54, 1.807) is 0 Å². The van der Waals surface area contributed by atoms with Crippen molar-refractivity contribution in [3.05, 3.63) is 23.5 Å². The first-order chi connectivity index (χ1) is 5.33. The first kappa shape index (κ1) is 8.34. The van der Waals surface area contributed by atoms with Crippen molar-refractivity contribution in [2.45, 2.75) is 20.3 Å². The Balaban J connectivity index is 2.44. The fourth-order valence-electron chi connectivity index (χ4n) is 0.751. The molecule has 62 valence electrons. The molecule has 2 heteroatoms. The minimum Gasteiger partial charge on any atom is -0.469 e. The van der Waals surface area contributed by atoms with Crippen LogP contribution in [-0.4, -0.2) is 13.4 Å². The molecule has 1 rings (SSSR count). The lowest BCUT2D eigenvalue weighted by Gasteiger charge is -1.93. The lowest BCUT2D eigenvalue weighted by molar-refractivity contribution is 0.0800. The zero-order valence-corrected chi connectivity index (χ0v) is 7.09. The van der Waals surface area contributed by atoms with Gasteiger partial charge in [0.2, 0.25) is 0 Å². The lowest BCUT2D eigenvalue weighted by atomic mass is 10.2. The SMILES string of the molecule is CC/C(C)=C\C=C1/COCO1. The number of hydrogen-bond donors (Lipinski definition) is 0. The van der Waals surface area contributed by atoms with Gasteiger partial charge in [-0.2, -0.15) is 0 Å². The second-order valence-corrected chi connectivity index (χ2v) is 2.61. The van der Waals surface area contributed by atoms with E-state index in [0.29, 0.717) is 13.4 Å². The first-order valence-corrected chi connectivity index (χ1v) is 3.90. The zero-order chi connectivity index (χ0) is 8.10. The smallest absolute Gasteiger partial charge is 0.189 e. The molecule has 0 aliphatic carbocycles. The van der Waals surface area contributed by atoms with Crippen LogP contribution in [0.15, 0.2) is 23.5 Å². The Hall–Kier alpha value is -0.760. The Morgan fingerprint density at radius 2 is 2.45 bits per heavy atom. The highest BCUT2D eigenvalue weighted by atomic mass is 16.7. The van der Waals surface area contributed by atoms with Gasteiger partial charge in [-0.05, 0) is 19.4 Å². The Bertz CT molecular complexity index is 172. The molecular formula is C9H14O2. The standard InChI is InChI=1S/C9H14O2/c1-3-8(2)4-5-9-6-10-7-11-9/h4-5H,3,6-7H2,1-2H3/b8-4-,9-5+. The van der Waals surface area contributed by atoms with E-state index in [1.165, 1.54) is 5.57 Å². The summed E-state index contributed by atoms with van der Waals surface area (Å²) in [5.41, 5.74) is 1.35. The van der Waals surface area contributed by atoms with Crippen molar-refractivity contribution in [2.24, 2.45) is 0 Å². The van der Waals surface area contributed by atoms with Crippen molar-refractivity contribution in [3.63, 3.8) is 0 Å². The number of allylic oxidation sites excluding steroid dienone is 3. The third kappa shape index (κ3) is 2.76. The van der Waals surface area contributed by atoms with E-state index in [0.717, 1.165) is 12.2 Å². The van der Waals surface area contributed by atoms with Crippen molar-refractivity contribution >= 4 is 0 Å². The van der Waals surface area contributed by atoms with Crippen LogP contribution in [0.4, 0.5) is 0 Å². The molecule has 0 radical (unpaired) electrons. The molecule has 0 unspecified atom stereocenters. The molecule has 0 spiro atoms. The summed E-state index contributed by atoms with van der Waals surface area (Å²) in [4.78, 5) is 0. The summed E-state index contributed by atoms with van der Waals surface area (Å²) in [5, 5.41) is 0. The maximum atomic E-state index is 5.14. The van der Waals surface area contributed by atoms with Crippen LogP contribution in [-0.2, 0) is 9.47 Å². The predicted molar refractivity (Wildman–Crippen MR) is 44.0 cm³/mol. The van der Waals surface area contributed by atoms with Gasteiger partial charge in [0.05, 0.1) is 0 Å². The van der Waals surface area contributed by atoms with Crippen molar-refractivity contribution in [2.75, 3.05) is 13.4 Å². The molecule has 0 aromatic carbocycles. The average Bonchev–Trinajstić information content (AvgIpc) is 2.52. The normalized spacial score (nSPS) is 22.4. The number of rotatable bonds is 2. The van der Waals surface area contributed by atoms with E-state index in [1.807, 2.05) is 6.08 Å². The molecule has 11 heavy (non-hydrogen) atoms. The van der Waals surface area contributed by atoms with Gasteiger partial charge in [-0.25, -0.2) is 0 Å². The summed E-state index contributed by atoms with van der Waals surface area (Å²) < 4.78 is 10.1. The molecule has 1 aliphatic rings. The van der Waals surface area contributed by atoms with E-state index in [2.05, 4.69) is 19.9 Å². The van der Waals surface area contributed by atoms with Crippen molar-refractivity contribution in [1.82, 2.24) is 0 Å². The molecule has 0 atom stereocenters. The summed E-state index contributed by atoms with van der Waals surface area (Å²) in [6, 6.07) is 0. The molecule has 0 amide bonds. The quantitative estimate of drug-likeness (QED) is 0.607. The lowest BCUT2D eigenvalue weighted by Crippen LogP contribution is -1.81. The maximum Gasteiger partial charge on any atom is 0.189 e. The minimum atomic E-state index is 0.408. The zero-order valence-electron chi connectivity index (χ0n) is 7.09. The summed E-state index contributed by atoms with van der Waals surface area (Å²) in [5.74, 6) is 0.929. The van der Waals surface area contributed by atoms with Crippen LogP contribution in [0, 0.1) is 0 Å². The van der Waals surface area contributed by atoms with Crippen LogP contribution < -0.4 is 0 Å². The minimum absolute atomic E-state index is 0.408. The molecule has 1 aliphatic heterocycles. The van der Waals surface area contributed by atoms with Crippen molar-refractivity contribution in [1.29, 1.82) is 0 Å². The van der Waals surface area contributed by atoms with Crippen LogP contribution in [0.1, 0.15) is 20.3 Å². The van der Waals surface area contributed by atoms with Crippen LogP contribution in [0.3, 0.4) is 0 Å². The summed E-state index contributed by atoms with van der Waals surface area (Å²) in [6.45, 7) is 5.27. The Morgan fingerprint density at radius 1 is 1.64 bits per heavy atom. The van der Waals surface area contributed by atoms with Crippen LogP contribution >= 0.6 is 0 Å². The molecule has 0 aromatic rings. The van der Waals surface area contributed by atoms with Gasteiger partial charge in [0.15, 0.2) is 6.79 Å². The van der Waals surface area contributed by atoms with E-state index in [9.17, 15) is 0 Å². The molecule has 0 bridgehead atoms. The van der Waals surface area contributed by atoms with Gasteiger partial charge < -0.3 is 9.47 Å². The second-order valence-electron chi connectivity index (χ2n) is 2.61. The molecule has 0 saturated carbocycles. The summed E-state index contributed by atoms with van der Waals surface area (Å²) in [6.07, 6.45) is 5.14. The first-order valence-electron chi connectivity index (χ1n) is 3.90. The molecule has 1 fully saturated rings.